The summed E-state index contributed by atoms with van der Waals surface area (Å²) in [6.45, 7) is 3.29. The number of nitrogens with zero attached hydrogens (tertiary/aromatic N) is 4. The summed E-state index contributed by atoms with van der Waals surface area (Å²) in [4.78, 5) is 17.9. The normalized spacial score (nSPS) is 21.1. The summed E-state index contributed by atoms with van der Waals surface area (Å²) < 4.78 is 7.26. The van der Waals surface area contributed by atoms with E-state index < -0.39 is 0 Å². The van der Waals surface area contributed by atoms with Gasteiger partial charge in [-0.05, 0) is 12.5 Å². The van der Waals surface area contributed by atoms with Crippen molar-refractivity contribution >= 4 is 5.91 Å². The third-order valence-corrected chi connectivity index (χ3v) is 4.42. The molecular weight excluding hydrogens is 294 g/mol. The second-order valence-corrected chi connectivity index (χ2v) is 6.03. The van der Waals surface area contributed by atoms with Crippen LogP contribution in [0.25, 0.3) is 0 Å². The molecule has 0 radical (unpaired) electrons. The maximum Gasteiger partial charge on any atom is 0.255 e. The highest BCUT2D eigenvalue weighted by atomic mass is 16.5. The van der Waals surface area contributed by atoms with Gasteiger partial charge < -0.3 is 14.6 Å². The van der Waals surface area contributed by atoms with Crippen LogP contribution in [0.4, 0.5) is 0 Å². The van der Waals surface area contributed by atoms with E-state index in [2.05, 4.69) is 22.2 Å². The molecule has 1 aliphatic heterocycles. The summed E-state index contributed by atoms with van der Waals surface area (Å²) in [6, 6.07) is 1.87. The number of hydrogen-bond donors (Lipinski definition) is 1. The minimum Gasteiger partial charge on any atom is -0.379 e. The van der Waals surface area contributed by atoms with Crippen molar-refractivity contribution in [2.45, 2.75) is 31.8 Å². The van der Waals surface area contributed by atoms with E-state index in [1.807, 2.05) is 30.4 Å². The predicted octanol–water partition coefficient (Wildman–Crippen LogP) is 1.35. The minimum absolute atomic E-state index is 0.0517. The van der Waals surface area contributed by atoms with Gasteiger partial charge in [-0.25, -0.2) is 0 Å². The lowest BCUT2D eigenvalue weighted by molar-refractivity contribution is 0.0713. The molecule has 7 nitrogen and oxygen atoms in total. The fraction of sp³-hybridized carbons (Fsp3) is 0.562. The van der Waals surface area contributed by atoms with Gasteiger partial charge >= 0.3 is 0 Å². The Morgan fingerprint density at radius 2 is 2.30 bits per heavy atom. The van der Waals surface area contributed by atoms with E-state index >= 15 is 0 Å². The Hall–Kier alpha value is -2.15. The first-order valence-corrected chi connectivity index (χ1v) is 7.98. The van der Waals surface area contributed by atoms with Gasteiger partial charge in [-0.2, -0.15) is 0 Å². The zero-order valence-corrected chi connectivity index (χ0v) is 13.8. The van der Waals surface area contributed by atoms with Crippen LogP contribution < -0.4 is 0 Å². The van der Waals surface area contributed by atoms with Crippen LogP contribution in [0.1, 0.15) is 41.0 Å². The molecule has 3 rings (SSSR count). The summed E-state index contributed by atoms with van der Waals surface area (Å²) in [5.41, 5.74) is 2.65. The average molecular weight is 317 g/mol. The topological polar surface area (TPSA) is 76.0 Å². The molecule has 0 saturated carbocycles. The summed E-state index contributed by atoms with van der Waals surface area (Å²) in [6.07, 6.45) is 5.56. The van der Waals surface area contributed by atoms with Crippen molar-refractivity contribution in [3.05, 3.63) is 35.4 Å². The molecule has 7 heteroatoms. The third kappa shape index (κ3) is 3.01. The molecule has 0 spiro atoms. The Labute approximate surface area is 135 Å². The smallest absolute Gasteiger partial charge is 0.255 e. The van der Waals surface area contributed by atoms with Crippen LogP contribution in [-0.2, 0) is 18.2 Å². The Bertz CT molecular complexity index is 678. The van der Waals surface area contributed by atoms with E-state index in [4.69, 9.17) is 4.74 Å². The number of aryl methyl sites for hydroxylation is 2. The quantitative estimate of drug-likeness (QED) is 0.903. The van der Waals surface area contributed by atoms with Crippen molar-refractivity contribution in [1.29, 1.82) is 0 Å². The molecule has 2 atom stereocenters. The second kappa shape index (κ2) is 6.54. The SMILES string of the molecule is CCCc1[nH]ccc1C(=O)N1C[C@@H](OC)[C@H](c2cn(C)nn2)C1. The van der Waals surface area contributed by atoms with E-state index in [0.717, 1.165) is 29.8 Å². The average Bonchev–Trinajstić information content (AvgIpc) is 3.25. The largest absolute Gasteiger partial charge is 0.379 e. The summed E-state index contributed by atoms with van der Waals surface area (Å²) in [7, 11) is 3.52. The molecule has 0 aliphatic carbocycles. The van der Waals surface area contributed by atoms with Gasteiger partial charge in [-0.1, -0.05) is 18.6 Å². The van der Waals surface area contributed by atoms with Gasteiger partial charge in [0.05, 0.1) is 23.3 Å². The zero-order valence-electron chi connectivity index (χ0n) is 13.8. The van der Waals surface area contributed by atoms with E-state index in [0.29, 0.717) is 13.1 Å². The van der Waals surface area contributed by atoms with E-state index in [1.54, 1.807) is 11.8 Å². The number of nitrogens with one attached hydrogen (secondary N) is 1. The standard InChI is InChI=1S/C16H23N5O2/c1-4-5-13-11(6-7-17-13)16(22)21-8-12(15(10-21)23-3)14-9-20(2)19-18-14/h6-7,9,12,15,17H,4-5,8,10H2,1-3H3/t12-,15+/m0/s1. The molecule has 0 aromatic carbocycles. The van der Waals surface area contributed by atoms with Gasteiger partial charge in [-0.3, -0.25) is 9.48 Å². The van der Waals surface area contributed by atoms with Crippen molar-refractivity contribution in [3.63, 3.8) is 0 Å². The number of H-pyrrole nitrogens is 1. The minimum atomic E-state index is -0.0517. The van der Waals surface area contributed by atoms with Crippen LogP contribution >= 0.6 is 0 Å². The maximum atomic E-state index is 12.9. The highest BCUT2D eigenvalue weighted by Gasteiger charge is 2.38. The van der Waals surface area contributed by atoms with Crippen molar-refractivity contribution in [2.24, 2.45) is 7.05 Å². The van der Waals surface area contributed by atoms with E-state index in [1.165, 1.54) is 0 Å². The Kier molecular flexibility index (Phi) is 4.47. The number of amides is 1. The first kappa shape index (κ1) is 15.7. The molecule has 2 aromatic heterocycles. The third-order valence-electron chi connectivity index (χ3n) is 4.42. The summed E-state index contributed by atoms with van der Waals surface area (Å²) in [5.74, 6) is 0.120. The maximum absolute atomic E-state index is 12.9. The number of aromatic nitrogens is 4. The number of ether oxygens (including phenoxy) is 1. The van der Waals surface area contributed by atoms with E-state index in [9.17, 15) is 4.79 Å². The van der Waals surface area contributed by atoms with Crippen LogP contribution in [0.2, 0.25) is 0 Å². The molecule has 1 aliphatic rings. The van der Waals surface area contributed by atoms with Gasteiger partial charge in [0.15, 0.2) is 0 Å². The molecule has 1 amide bonds. The van der Waals surface area contributed by atoms with E-state index in [-0.39, 0.29) is 17.9 Å². The Balaban J connectivity index is 1.79. The monoisotopic (exact) mass is 317 g/mol. The first-order chi connectivity index (χ1) is 11.1. The molecule has 2 aromatic rings. The van der Waals surface area contributed by atoms with Crippen LogP contribution in [0, 0.1) is 0 Å². The van der Waals surface area contributed by atoms with Crippen LogP contribution in [0.5, 0.6) is 0 Å². The molecule has 1 N–H and O–H groups in total. The number of methoxy groups -OCH3 is 1. The number of rotatable bonds is 5. The molecule has 0 unspecified atom stereocenters. The zero-order chi connectivity index (χ0) is 16.4. The first-order valence-electron chi connectivity index (χ1n) is 7.98. The van der Waals surface area contributed by atoms with Crippen molar-refractivity contribution in [3.8, 4) is 0 Å². The number of likely N-dealkylation sites (tertiary alicyclic amines) is 1. The van der Waals surface area contributed by atoms with Crippen LogP contribution in [0.15, 0.2) is 18.5 Å². The van der Waals surface area contributed by atoms with Gasteiger partial charge in [0, 0.05) is 45.3 Å². The lowest BCUT2D eigenvalue weighted by Gasteiger charge is -2.16. The number of hydrogen-bond acceptors (Lipinski definition) is 4. The van der Waals surface area contributed by atoms with Crippen molar-refractivity contribution in [2.75, 3.05) is 20.2 Å². The Morgan fingerprint density at radius 1 is 1.48 bits per heavy atom. The highest BCUT2D eigenvalue weighted by molar-refractivity contribution is 5.95. The molecule has 23 heavy (non-hydrogen) atoms. The van der Waals surface area contributed by atoms with Gasteiger partial charge in [-0.15, -0.1) is 5.10 Å². The lowest BCUT2D eigenvalue weighted by Crippen LogP contribution is -2.30. The fourth-order valence-corrected chi connectivity index (χ4v) is 3.23. The number of aromatic amines is 1. The number of carbonyl (C=O) groups is 1. The van der Waals surface area contributed by atoms with Crippen LogP contribution in [-0.4, -0.2) is 57.1 Å². The highest BCUT2D eigenvalue weighted by Crippen LogP contribution is 2.29. The molecule has 0 bridgehead atoms. The molecule has 124 valence electrons. The molecule has 3 heterocycles. The van der Waals surface area contributed by atoms with Gasteiger partial charge in [0.2, 0.25) is 0 Å². The number of carbonyl (C=O) groups excluding carboxylic acids is 1. The fourth-order valence-electron chi connectivity index (χ4n) is 3.23. The summed E-state index contributed by atoms with van der Waals surface area (Å²) in [5, 5.41) is 8.18. The molecular formula is C16H23N5O2. The predicted molar refractivity (Wildman–Crippen MR) is 85.2 cm³/mol. The van der Waals surface area contributed by atoms with Gasteiger partial charge in [0.25, 0.3) is 5.91 Å². The van der Waals surface area contributed by atoms with Gasteiger partial charge in [0.1, 0.15) is 0 Å². The molecule has 1 fully saturated rings. The molecule has 1 saturated heterocycles. The Morgan fingerprint density at radius 3 is 2.96 bits per heavy atom. The second-order valence-electron chi connectivity index (χ2n) is 6.03. The van der Waals surface area contributed by atoms with Crippen molar-refractivity contribution in [1.82, 2.24) is 24.9 Å². The van der Waals surface area contributed by atoms with Crippen LogP contribution in [0.3, 0.4) is 0 Å². The lowest BCUT2D eigenvalue weighted by atomic mass is 10.0. The summed E-state index contributed by atoms with van der Waals surface area (Å²) >= 11 is 0. The van der Waals surface area contributed by atoms with Crippen molar-refractivity contribution < 1.29 is 9.53 Å².